The van der Waals surface area contributed by atoms with Crippen LogP contribution in [0.1, 0.15) is 12.0 Å². The summed E-state index contributed by atoms with van der Waals surface area (Å²) < 4.78 is 10.5. The summed E-state index contributed by atoms with van der Waals surface area (Å²) in [6.07, 6.45) is -0.0344. The lowest BCUT2D eigenvalue weighted by Gasteiger charge is -2.28. The SMILES string of the molecule is COc1cccc(C2=NO[C@@H](C(=O)N3CCOCC3)C2)c1. The normalized spacial score (nSPS) is 21.7. The van der Waals surface area contributed by atoms with Gasteiger partial charge in [0.25, 0.3) is 5.91 Å². The van der Waals surface area contributed by atoms with Crippen LogP contribution in [-0.4, -0.2) is 56.0 Å². The van der Waals surface area contributed by atoms with Crippen molar-refractivity contribution in [2.75, 3.05) is 33.4 Å². The van der Waals surface area contributed by atoms with Crippen LogP contribution in [0.25, 0.3) is 0 Å². The molecule has 0 N–H and O–H groups in total. The van der Waals surface area contributed by atoms with E-state index in [-0.39, 0.29) is 5.91 Å². The van der Waals surface area contributed by atoms with E-state index in [4.69, 9.17) is 14.3 Å². The van der Waals surface area contributed by atoms with Crippen LogP contribution in [-0.2, 0) is 14.4 Å². The molecule has 0 aliphatic carbocycles. The first-order valence-electron chi connectivity index (χ1n) is 7.01. The number of amides is 1. The largest absolute Gasteiger partial charge is 0.497 e. The average Bonchev–Trinajstić information content (AvgIpc) is 3.05. The van der Waals surface area contributed by atoms with Gasteiger partial charge in [0.1, 0.15) is 5.75 Å². The van der Waals surface area contributed by atoms with Gasteiger partial charge in [0.15, 0.2) is 0 Å². The van der Waals surface area contributed by atoms with Crippen molar-refractivity contribution in [3.05, 3.63) is 29.8 Å². The Morgan fingerprint density at radius 3 is 2.95 bits per heavy atom. The van der Waals surface area contributed by atoms with Crippen LogP contribution >= 0.6 is 0 Å². The molecule has 0 unspecified atom stereocenters. The Bertz CT molecular complexity index is 552. The maximum Gasteiger partial charge on any atom is 0.267 e. The Balaban J connectivity index is 1.65. The fourth-order valence-corrected chi connectivity index (χ4v) is 2.47. The summed E-state index contributed by atoms with van der Waals surface area (Å²) in [5.74, 6) is 0.748. The van der Waals surface area contributed by atoms with E-state index in [1.165, 1.54) is 0 Å². The van der Waals surface area contributed by atoms with Gasteiger partial charge in [0.2, 0.25) is 6.10 Å². The van der Waals surface area contributed by atoms with Gasteiger partial charge in [-0.15, -0.1) is 0 Å². The number of nitrogens with zero attached hydrogens (tertiary/aromatic N) is 2. The highest BCUT2D eigenvalue weighted by Gasteiger charge is 2.33. The van der Waals surface area contributed by atoms with E-state index in [2.05, 4.69) is 5.16 Å². The molecular formula is C15H18N2O4. The van der Waals surface area contributed by atoms with E-state index in [0.717, 1.165) is 17.0 Å². The Hall–Kier alpha value is -2.08. The molecule has 21 heavy (non-hydrogen) atoms. The first kappa shape index (κ1) is 13.9. The van der Waals surface area contributed by atoms with Crippen LogP contribution in [0.3, 0.4) is 0 Å². The van der Waals surface area contributed by atoms with Crippen molar-refractivity contribution in [1.82, 2.24) is 4.90 Å². The summed E-state index contributed by atoms with van der Waals surface area (Å²) in [5.41, 5.74) is 1.70. The summed E-state index contributed by atoms with van der Waals surface area (Å²) in [4.78, 5) is 19.4. The smallest absolute Gasteiger partial charge is 0.267 e. The van der Waals surface area contributed by atoms with E-state index < -0.39 is 6.10 Å². The predicted octanol–water partition coefficient (Wildman–Crippen LogP) is 1.05. The minimum atomic E-state index is -0.524. The number of hydrogen-bond donors (Lipinski definition) is 0. The predicted molar refractivity (Wildman–Crippen MR) is 76.4 cm³/mol. The summed E-state index contributed by atoms with van der Waals surface area (Å²) in [6.45, 7) is 2.41. The molecule has 0 radical (unpaired) electrons. The number of benzene rings is 1. The van der Waals surface area contributed by atoms with Crippen LogP contribution in [0, 0.1) is 0 Å². The van der Waals surface area contributed by atoms with Gasteiger partial charge >= 0.3 is 0 Å². The molecule has 2 aliphatic rings. The maximum atomic E-state index is 12.3. The molecule has 6 nitrogen and oxygen atoms in total. The zero-order valence-corrected chi connectivity index (χ0v) is 11.9. The Morgan fingerprint density at radius 1 is 1.38 bits per heavy atom. The highest BCUT2D eigenvalue weighted by Crippen LogP contribution is 2.21. The second-order valence-electron chi connectivity index (χ2n) is 5.01. The average molecular weight is 290 g/mol. The molecule has 1 amide bonds. The number of hydrogen-bond acceptors (Lipinski definition) is 5. The quantitative estimate of drug-likeness (QED) is 0.835. The number of methoxy groups -OCH3 is 1. The standard InChI is InChI=1S/C15H18N2O4/c1-19-12-4-2-3-11(9-12)13-10-14(21-16-13)15(18)17-5-7-20-8-6-17/h2-4,9,14H,5-8,10H2,1H3/t14-/m1/s1. The summed E-state index contributed by atoms with van der Waals surface area (Å²) in [6, 6.07) is 7.60. The van der Waals surface area contributed by atoms with Crippen molar-refractivity contribution in [1.29, 1.82) is 0 Å². The van der Waals surface area contributed by atoms with Gasteiger partial charge in [-0.2, -0.15) is 0 Å². The zero-order valence-electron chi connectivity index (χ0n) is 11.9. The van der Waals surface area contributed by atoms with Crippen molar-refractivity contribution < 1.29 is 19.1 Å². The summed E-state index contributed by atoms with van der Waals surface area (Å²) >= 11 is 0. The fraction of sp³-hybridized carbons (Fsp3) is 0.467. The molecule has 1 atom stereocenters. The van der Waals surface area contributed by atoms with Gasteiger partial charge < -0.3 is 19.2 Å². The van der Waals surface area contributed by atoms with Crippen LogP contribution in [0.2, 0.25) is 0 Å². The number of oxime groups is 1. The molecule has 0 saturated carbocycles. The van der Waals surface area contributed by atoms with Gasteiger partial charge in [-0.05, 0) is 12.1 Å². The molecule has 0 aromatic heterocycles. The molecule has 112 valence electrons. The third-order valence-electron chi connectivity index (χ3n) is 3.67. The maximum absolute atomic E-state index is 12.3. The molecule has 1 aromatic carbocycles. The lowest BCUT2D eigenvalue weighted by Crippen LogP contribution is -2.45. The zero-order chi connectivity index (χ0) is 14.7. The number of morpholine rings is 1. The molecular weight excluding hydrogens is 272 g/mol. The lowest BCUT2D eigenvalue weighted by molar-refractivity contribution is -0.146. The monoisotopic (exact) mass is 290 g/mol. The topological polar surface area (TPSA) is 60.4 Å². The molecule has 1 fully saturated rings. The Kier molecular flexibility index (Phi) is 4.06. The van der Waals surface area contributed by atoms with Crippen LogP contribution < -0.4 is 4.74 Å². The number of ether oxygens (including phenoxy) is 2. The summed E-state index contributed by atoms with van der Waals surface area (Å²) in [7, 11) is 1.62. The highest BCUT2D eigenvalue weighted by atomic mass is 16.6. The van der Waals surface area contributed by atoms with Crippen molar-refractivity contribution in [2.45, 2.75) is 12.5 Å². The minimum Gasteiger partial charge on any atom is -0.497 e. The lowest BCUT2D eigenvalue weighted by atomic mass is 10.0. The third-order valence-corrected chi connectivity index (χ3v) is 3.67. The molecule has 3 rings (SSSR count). The van der Waals surface area contributed by atoms with Gasteiger partial charge in [-0.25, -0.2) is 0 Å². The molecule has 1 aromatic rings. The van der Waals surface area contributed by atoms with Gasteiger partial charge in [-0.3, -0.25) is 4.79 Å². The van der Waals surface area contributed by atoms with E-state index in [9.17, 15) is 4.79 Å². The Labute approximate surface area is 123 Å². The molecule has 1 saturated heterocycles. The molecule has 2 aliphatic heterocycles. The van der Waals surface area contributed by atoms with Crippen LogP contribution in [0.5, 0.6) is 5.75 Å². The second-order valence-corrected chi connectivity index (χ2v) is 5.01. The van der Waals surface area contributed by atoms with Crippen molar-refractivity contribution >= 4 is 11.6 Å². The van der Waals surface area contributed by atoms with Crippen molar-refractivity contribution in [2.24, 2.45) is 5.16 Å². The van der Waals surface area contributed by atoms with E-state index >= 15 is 0 Å². The minimum absolute atomic E-state index is 0.0139. The summed E-state index contributed by atoms with van der Waals surface area (Å²) in [5, 5.41) is 4.06. The third kappa shape index (κ3) is 3.00. The fourth-order valence-electron chi connectivity index (χ4n) is 2.47. The highest BCUT2D eigenvalue weighted by molar-refractivity contribution is 6.04. The number of carbonyl (C=O) groups is 1. The van der Waals surface area contributed by atoms with Gasteiger partial charge in [0, 0.05) is 25.1 Å². The van der Waals surface area contributed by atoms with Gasteiger partial charge in [0.05, 0.1) is 26.0 Å². The van der Waals surface area contributed by atoms with Gasteiger partial charge in [-0.1, -0.05) is 17.3 Å². The van der Waals surface area contributed by atoms with Crippen molar-refractivity contribution in [3.8, 4) is 5.75 Å². The van der Waals surface area contributed by atoms with Crippen LogP contribution in [0.15, 0.2) is 29.4 Å². The second kappa shape index (κ2) is 6.13. The molecule has 0 bridgehead atoms. The molecule has 0 spiro atoms. The first-order chi connectivity index (χ1) is 10.3. The first-order valence-corrected chi connectivity index (χ1v) is 7.01. The number of rotatable bonds is 3. The molecule has 2 heterocycles. The van der Waals surface area contributed by atoms with E-state index in [0.29, 0.717) is 32.7 Å². The van der Waals surface area contributed by atoms with Crippen molar-refractivity contribution in [3.63, 3.8) is 0 Å². The van der Waals surface area contributed by atoms with E-state index in [1.54, 1.807) is 12.0 Å². The number of carbonyl (C=O) groups excluding carboxylic acids is 1. The van der Waals surface area contributed by atoms with Crippen LogP contribution in [0.4, 0.5) is 0 Å². The molecule has 6 heteroatoms. The Morgan fingerprint density at radius 2 is 2.19 bits per heavy atom. The van der Waals surface area contributed by atoms with E-state index in [1.807, 2.05) is 24.3 Å².